The van der Waals surface area contributed by atoms with E-state index in [1.807, 2.05) is 37.4 Å². The maximum atomic E-state index is 5.65. The van der Waals surface area contributed by atoms with E-state index in [1.165, 1.54) is 0 Å². The SMILES string of the molecule is CNCc1nc2ncc(-c3ccc(OC)cc3)cc2o1. The van der Waals surface area contributed by atoms with Crippen LogP contribution in [-0.2, 0) is 6.54 Å². The van der Waals surface area contributed by atoms with Crippen molar-refractivity contribution in [2.75, 3.05) is 14.2 Å². The summed E-state index contributed by atoms with van der Waals surface area (Å²) in [5.41, 5.74) is 3.38. The molecule has 0 atom stereocenters. The van der Waals surface area contributed by atoms with Gasteiger partial charge in [-0.1, -0.05) is 12.1 Å². The maximum absolute atomic E-state index is 5.65. The van der Waals surface area contributed by atoms with Crippen molar-refractivity contribution in [2.45, 2.75) is 6.54 Å². The zero-order valence-electron chi connectivity index (χ0n) is 11.4. The van der Waals surface area contributed by atoms with E-state index in [-0.39, 0.29) is 0 Å². The fourth-order valence-corrected chi connectivity index (χ4v) is 2.03. The fourth-order valence-electron chi connectivity index (χ4n) is 2.03. The Hall–Kier alpha value is -2.40. The van der Waals surface area contributed by atoms with Crippen LogP contribution in [0.2, 0.25) is 0 Å². The molecular weight excluding hydrogens is 254 g/mol. The lowest BCUT2D eigenvalue weighted by molar-refractivity contribution is 0.415. The van der Waals surface area contributed by atoms with Crippen molar-refractivity contribution in [3.05, 3.63) is 42.4 Å². The number of aromatic nitrogens is 2. The highest BCUT2D eigenvalue weighted by molar-refractivity contribution is 5.76. The topological polar surface area (TPSA) is 60.2 Å². The molecule has 20 heavy (non-hydrogen) atoms. The van der Waals surface area contributed by atoms with E-state index >= 15 is 0 Å². The molecule has 0 saturated carbocycles. The van der Waals surface area contributed by atoms with Gasteiger partial charge in [-0.05, 0) is 30.8 Å². The second-order valence-electron chi connectivity index (χ2n) is 4.41. The van der Waals surface area contributed by atoms with Gasteiger partial charge in [-0.15, -0.1) is 0 Å². The lowest BCUT2D eigenvalue weighted by Crippen LogP contribution is -2.04. The highest BCUT2D eigenvalue weighted by Gasteiger charge is 2.08. The Morgan fingerprint density at radius 2 is 2.00 bits per heavy atom. The molecule has 0 spiro atoms. The summed E-state index contributed by atoms with van der Waals surface area (Å²) in [4.78, 5) is 8.64. The van der Waals surface area contributed by atoms with E-state index in [9.17, 15) is 0 Å². The third-order valence-electron chi connectivity index (χ3n) is 3.04. The minimum atomic E-state index is 0.591. The monoisotopic (exact) mass is 269 g/mol. The van der Waals surface area contributed by atoms with Crippen LogP contribution in [0.25, 0.3) is 22.4 Å². The van der Waals surface area contributed by atoms with Crippen molar-refractivity contribution in [3.8, 4) is 16.9 Å². The molecule has 0 bridgehead atoms. The van der Waals surface area contributed by atoms with Gasteiger partial charge in [0.25, 0.3) is 0 Å². The summed E-state index contributed by atoms with van der Waals surface area (Å²) in [7, 11) is 3.51. The summed E-state index contributed by atoms with van der Waals surface area (Å²) in [5.74, 6) is 1.47. The molecule has 0 aliphatic heterocycles. The second-order valence-corrected chi connectivity index (χ2v) is 4.41. The van der Waals surface area contributed by atoms with Crippen LogP contribution in [-0.4, -0.2) is 24.1 Å². The summed E-state index contributed by atoms with van der Waals surface area (Å²) in [6, 6.07) is 9.79. The van der Waals surface area contributed by atoms with E-state index < -0.39 is 0 Å². The molecule has 0 aliphatic rings. The van der Waals surface area contributed by atoms with Crippen LogP contribution in [0.1, 0.15) is 5.89 Å². The Bertz CT molecular complexity index is 720. The smallest absolute Gasteiger partial charge is 0.211 e. The molecule has 0 radical (unpaired) electrons. The Labute approximate surface area is 116 Å². The Morgan fingerprint density at radius 3 is 2.70 bits per heavy atom. The summed E-state index contributed by atoms with van der Waals surface area (Å²) in [6.45, 7) is 0.591. The van der Waals surface area contributed by atoms with E-state index in [4.69, 9.17) is 9.15 Å². The minimum absolute atomic E-state index is 0.591. The molecule has 2 heterocycles. The van der Waals surface area contributed by atoms with Crippen molar-refractivity contribution < 1.29 is 9.15 Å². The fraction of sp³-hybridized carbons (Fsp3) is 0.200. The van der Waals surface area contributed by atoms with E-state index in [2.05, 4.69) is 15.3 Å². The van der Waals surface area contributed by atoms with Crippen LogP contribution in [0.15, 0.2) is 40.9 Å². The molecular formula is C15H15N3O2. The molecule has 0 amide bonds. The van der Waals surface area contributed by atoms with E-state index in [0.29, 0.717) is 23.7 Å². The zero-order valence-corrected chi connectivity index (χ0v) is 11.4. The summed E-state index contributed by atoms with van der Waals surface area (Å²) in [6.07, 6.45) is 1.80. The number of methoxy groups -OCH3 is 1. The molecule has 2 aromatic heterocycles. The van der Waals surface area contributed by atoms with Crippen LogP contribution >= 0.6 is 0 Å². The summed E-state index contributed by atoms with van der Waals surface area (Å²) >= 11 is 0. The first-order valence-corrected chi connectivity index (χ1v) is 6.34. The van der Waals surface area contributed by atoms with E-state index in [1.54, 1.807) is 13.3 Å². The quantitative estimate of drug-likeness (QED) is 0.789. The van der Waals surface area contributed by atoms with Gasteiger partial charge in [-0.2, -0.15) is 4.98 Å². The van der Waals surface area contributed by atoms with Crippen molar-refractivity contribution in [2.24, 2.45) is 0 Å². The van der Waals surface area contributed by atoms with Crippen LogP contribution < -0.4 is 10.1 Å². The van der Waals surface area contributed by atoms with Gasteiger partial charge in [0.1, 0.15) is 5.75 Å². The third kappa shape index (κ3) is 2.35. The Balaban J connectivity index is 1.98. The van der Waals surface area contributed by atoms with Gasteiger partial charge >= 0.3 is 0 Å². The van der Waals surface area contributed by atoms with Gasteiger partial charge in [0, 0.05) is 11.8 Å². The number of pyridine rings is 1. The summed E-state index contributed by atoms with van der Waals surface area (Å²) < 4.78 is 10.8. The normalized spacial score (nSPS) is 10.9. The van der Waals surface area contributed by atoms with Crippen LogP contribution in [0.5, 0.6) is 5.75 Å². The molecule has 1 aromatic carbocycles. The first-order valence-electron chi connectivity index (χ1n) is 6.34. The third-order valence-corrected chi connectivity index (χ3v) is 3.04. The number of ether oxygens (including phenoxy) is 1. The van der Waals surface area contributed by atoms with Gasteiger partial charge in [0.2, 0.25) is 5.89 Å². The predicted molar refractivity (Wildman–Crippen MR) is 76.6 cm³/mol. The van der Waals surface area contributed by atoms with Crippen molar-refractivity contribution in [1.29, 1.82) is 0 Å². The molecule has 0 fully saturated rings. The largest absolute Gasteiger partial charge is 0.497 e. The maximum Gasteiger partial charge on any atom is 0.211 e. The number of nitrogens with one attached hydrogen (secondary N) is 1. The van der Waals surface area contributed by atoms with Gasteiger partial charge < -0.3 is 14.5 Å². The number of oxazole rings is 1. The first-order chi connectivity index (χ1) is 9.80. The average Bonchev–Trinajstić information content (AvgIpc) is 2.89. The molecule has 3 aromatic rings. The molecule has 0 saturated heterocycles. The molecule has 5 nitrogen and oxygen atoms in total. The second kappa shape index (κ2) is 5.30. The zero-order chi connectivity index (χ0) is 13.9. The number of fused-ring (bicyclic) bond motifs is 1. The average molecular weight is 269 g/mol. The lowest BCUT2D eigenvalue weighted by Gasteiger charge is -2.02. The molecule has 0 aliphatic carbocycles. The van der Waals surface area contributed by atoms with Gasteiger partial charge in [0.05, 0.1) is 13.7 Å². The molecule has 1 N–H and O–H groups in total. The number of hydrogen-bond donors (Lipinski definition) is 1. The first kappa shape index (κ1) is 12.6. The lowest BCUT2D eigenvalue weighted by atomic mass is 10.1. The highest BCUT2D eigenvalue weighted by atomic mass is 16.5. The van der Waals surface area contributed by atoms with Crippen LogP contribution in [0, 0.1) is 0 Å². The molecule has 0 unspecified atom stereocenters. The van der Waals surface area contributed by atoms with Gasteiger partial charge in [-0.3, -0.25) is 0 Å². The van der Waals surface area contributed by atoms with Crippen LogP contribution in [0.3, 0.4) is 0 Å². The standard InChI is InChI=1S/C15H15N3O2/c1-16-9-14-18-15-13(20-14)7-11(8-17-15)10-3-5-12(19-2)6-4-10/h3-8,16H,9H2,1-2H3. The Morgan fingerprint density at radius 1 is 1.20 bits per heavy atom. The van der Waals surface area contributed by atoms with Crippen molar-refractivity contribution in [3.63, 3.8) is 0 Å². The number of hydrogen-bond acceptors (Lipinski definition) is 5. The highest BCUT2D eigenvalue weighted by Crippen LogP contribution is 2.25. The summed E-state index contributed by atoms with van der Waals surface area (Å²) in [5, 5.41) is 3.01. The number of benzene rings is 1. The molecule has 102 valence electrons. The number of rotatable bonds is 4. The van der Waals surface area contributed by atoms with Gasteiger partial charge in [0.15, 0.2) is 11.2 Å². The molecule has 3 rings (SSSR count). The molecule has 5 heteroatoms. The van der Waals surface area contributed by atoms with E-state index in [0.717, 1.165) is 16.9 Å². The Kier molecular flexibility index (Phi) is 3.35. The minimum Gasteiger partial charge on any atom is -0.497 e. The predicted octanol–water partition coefficient (Wildman–Crippen LogP) is 2.62. The number of nitrogens with zero attached hydrogens (tertiary/aromatic N) is 2. The van der Waals surface area contributed by atoms with Gasteiger partial charge in [-0.25, -0.2) is 4.98 Å². The van der Waals surface area contributed by atoms with Crippen molar-refractivity contribution in [1.82, 2.24) is 15.3 Å². The van der Waals surface area contributed by atoms with Crippen molar-refractivity contribution >= 4 is 11.2 Å². The van der Waals surface area contributed by atoms with Crippen LogP contribution in [0.4, 0.5) is 0 Å².